The van der Waals surface area contributed by atoms with Gasteiger partial charge in [-0.15, -0.1) is 0 Å². The third-order valence-corrected chi connectivity index (χ3v) is 3.34. The van der Waals surface area contributed by atoms with Gasteiger partial charge in [0.1, 0.15) is 17.1 Å². The summed E-state index contributed by atoms with van der Waals surface area (Å²) in [6.45, 7) is 5.54. The maximum atomic E-state index is 11.5. The van der Waals surface area contributed by atoms with E-state index in [1.165, 1.54) is 0 Å². The fourth-order valence-corrected chi connectivity index (χ4v) is 2.33. The second kappa shape index (κ2) is 5.32. The van der Waals surface area contributed by atoms with Gasteiger partial charge in [-0.25, -0.2) is 0 Å². The van der Waals surface area contributed by atoms with E-state index < -0.39 is 17.8 Å². The predicted octanol–water partition coefficient (Wildman–Crippen LogP) is 1.79. The normalized spacial score (nSPS) is 21.4. The van der Waals surface area contributed by atoms with Crippen molar-refractivity contribution < 1.29 is 19.4 Å². The monoisotopic (exact) mass is 279 g/mol. The second-order valence-corrected chi connectivity index (χ2v) is 5.66. The first-order valence-corrected chi connectivity index (χ1v) is 6.71. The third kappa shape index (κ3) is 3.04. The van der Waals surface area contributed by atoms with Crippen LogP contribution >= 0.6 is 0 Å². The van der Waals surface area contributed by atoms with Crippen LogP contribution in [0.1, 0.15) is 38.9 Å². The van der Waals surface area contributed by atoms with Crippen molar-refractivity contribution in [3.05, 3.63) is 23.8 Å². The lowest BCUT2D eigenvalue weighted by molar-refractivity contribution is -0.126. The summed E-state index contributed by atoms with van der Waals surface area (Å²) in [4.78, 5) is 11.5. The second-order valence-electron chi connectivity index (χ2n) is 5.66. The Morgan fingerprint density at radius 3 is 2.90 bits per heavy atom. The van der Waals surface area contributed by atoms with Gasteiger partial charge in [-0.3, -0.25) is 4.79 Å². The molecular weight excluding hydrogens is 258 g/mol. The van der Waals surface area contributed by atoms with Gasteiger partial charge >= 0.3 is 0 Å². The summed E-state index contributed by atoms with van der Waals surface area (Å²) in [6.07, 6.45) is -0.576. The number of carbonyl (C=O) groups excluding carboxylic acids is 1. The molecular formula is C15H21NO4. The van der Waals surface area contributed by atoms with Crippen LogP contribution in [0.2, 0.25) is 0 Å². The summed E-state index contributed by atoms with van der Waals surface area (Å²) < 4.78 is 11.4. The lowest BCUT2D eigenvalue weighted by atomic mass is 9.92. The van der Waals surface area contributed by atoms with Crippen LogP contribution in [0.4, 0.5) is 0 Å². The lowest BCUT2D eigenvalue weighted by Crippen LogP contribution is -2.35. The Labute approximate surface area is 118 Å². The highest BCUT2D eigenvalue weighted by Crippen LogP contribution is 2.41. The maximum Gasteiger partial charge on any atom is 0.260 e. The number of amides is 1. The predicted molar refractivity (Wildman–Crippen MR) is 74.9 cm³/mol. The molecule has 0 saturated carbocycles. The quantitative estimate of drug-likeness (QED) is 0.885. The minimum Gasteiger partial charge on any atom is -0.487 e. The molecule has 1 heterocycles. The molecule has 2 unspecified atom stereocenters. The van der Waals surface area contributed by atoms with Gasteiger partial charge in [-0.05, 0) is 32.9 Å². The van der Waals surface area contributed by atoms with Crippen molar-refractivity contribution in [2.75, 3.05) is 7.05 Å². The van der Waals surface area contributed by atoms with E-state index in [-0.39, 0.29) is 5.91 Å². The van der Waals surface area contributed by atoms with Crippen LogP contribution in [0, 0.1) is 0 Å². The molecule has 2 atom stereocenters. The molecule has 0 radical (unpaired) electrons. The number of ether oxygens (including phenoxy) is 2. The van der Waals surface area contributed by atoms with E-state index in [1.807, 2.05) is 13.8 Å². The molecule has 0 saturated heterocycles. The van der Waals surface area contributed by atoms with Crippen LogP contribution in [-0.4, -0.2) is 29.8 Å². The van der Waals surface area contributed by atoms with Crippen LogP contribution in [0.3, 0.4) is 0 Å². The molecule has 1 amide bonds. The van der Waals surface area contributed by atoms with E-state index >= 15 is 0 Å². The summed E-state index contributed by atoms with van der Waals surface area (Å²) in [5.74, 6) is 0.962. The Morgan fingerprint density at radius 1 is 1.55 bits per heavy atom. The average Bonchev–Trinajstić information content (AvgIpc) is 2.35. The van der Waals surface area contributed by atoms with E-state index in [2.05, 4.69) is 5.32 Å². The number of aliphatic hydroxyl groups is 1. The Bertz CT molecular complexity index is 513. The molecule has 1 aromatic carbocycles. The highest BCUT2D eigenvalue weighted by molar-refractivity contribution is 5.80. The zero-order valence-corrected chi connectivity index (χ0v) is 12.3. The number of rotatable bonds is 3. The topological polar surface area (TPSA) is 67.8 Å². The molecule has 2 N–H and O–H groups in total. The van der Waals surface area contributed by atoms with Gasteiger partial charge in [0.2, 0.25) is 0 Å². The molecule has 0 fully saturated rings. The maximum absolute atomic E-state index is 11.5. The molecule has 0 aliphatic carbocycles. The molecule has 1 aromatic rings. The summed E-state index contributed by atoms with van der Waals surface area (Å²) in [5.41, 5.74) is 0.335. The Morgan fingerprint density at radius 2 is 2.25 bits per heavy atom. The first-order valence-electron chi connectivity index (χ1n) is 6.71. The molecule has 110 valence electrons. The summed E-state index contributed by atoms with van der Waals surface area (Å²) in [5, 5.41) is 12.6. The molecule has 0 bridgehead atoms. The molecule has 1 aliphatic heterocycles. The Balaban J connectivity index is 2.21. The van der Waals surface area contributed by atoms with Gasteiger partial charge in [0.05, 0.1) is 6.10 Å². The minimum absolute atomic E-state index is 0.191. The van der Waals surface area contributed by atoms with Crippen molar-refractivity contribution in [3.63, 3.8) is 0 Å². The first kappa shape index (κ1) is 14.7. The number of aliphatic hydroxyl groups excluding tert-OH is 1. The van der Waals surface area contributed by atoms with Gasteiger partial charge in [-0.1, -0.05) is 0 Å². The Hall–Kier alpha value is -1.75. The number of benzene rings is 1. The van der Waals surface area contributed by atoms with E-state index in [1.54, 1.807) is 32.2 Å². The van der Waals surface area contributed by atoms with E-state index in [0.29, 0.717) is 17.9 Å². The fraction of sp³-hybridized carbons (Fsp3) is 0.533. The summed E-state index contributed by atoms with van der Waals surface area (Å²) in [7, 11) is 1.57. The lowest BCUT2D eigenvalue weighted by Gasteiger charge is -2.35. The van der Waals surface area contributed by atoms with Crippen LogP contribution in [-0.2, 0) is 4.79 Å². The molecule has 5 nitrogen and oxygen atoms in total. The molecule has 0 spiro atoms. The van der Waals surface area contributed by atoms with Crippen LogP contribution in [0.15, 0.2) is 18.2 Å². The van der Waals surface area contributed by atoms with E-state index in [4.69, 9.17) is 9.47 Å². The van der Waals surface area contributed by atoms with Crippen molar-refractivity contribution in [3.8, 4) is 11.5 Å². The zero-order valence-electron chi connectivity index (χ0n) is 12.3. The SMILES string of the molecule is CNC(=O)C(C)Oc1ccc2c(c1)OC(C)(C)CC2O. The van der Waals surface area contributed by atoms with Crippen LogP contribution in [0.5, 0.6) is 11.5 Å². The fourth-order valence-electron chi connectivity index (χ4n) is 2.33. The Kier molecular flexibility index (Phi) is 3.90. The van der Waals surface area contributed by atoms with Gasteiger partial charge in [0.25, 0.3) is 5.91 Å². The molecule has 5 heteroatoms. The summed E-state index contributed by atoms with van der Waals surface area (Å²) in [6, 6.07) is 5.24. The smallest absolute Gasteiger partial charge is 0.260 e. The van der Waals surface area contributed by atoms with Gasteiger partial charge < -0.3 is 19.9 Å². The van der Waals surface area contributed by atoms with Crippen molar-refractivity contribution in [1.29, 1.82) is 0 Å². The molecule has 2 rings (SSSR count). The molecule has 0 aromatic heterocycles. The zero-order chi connectivity index (χ0) is 14.9. The number of fused-ring (bicyclic) bond motifs is 1. The van der Waals surface area contributed by atoms with Gasteiger partial charge in [-0.2, -0.15) is 0 Å². The largest absolute Gasteiger partial charge is 0.487 e. The standard InChI is InChI=1S/C15H21NO4/c1-9(14(18)16-4)19-10-5-6-11-12(17)8-15(2,3)20-13(11)7-10/h5-7,9,12,17H,8H2,1-4H3,(H,16,18). The van der Waals surface area contributed by atoms with E-state index in [9.17, 15) is 9.90 Å². The van der Waals surface area contributed by atoms with Crippen molar-refractivity contribution in [1.82, 2.24) is 5.32 Å². The number of hydrogen-bond acceptors (Lipinski definition) is 4. The number of likely N-dealkylation sites (N-methyl/N-ethyl adjacent to an activating group) is 1. The van der Waals surface area contributed by atoms with Crippen molar-refractivity contribution in [2.45, 2.75) is 45.0 Å². The number of nitrogens with one attached hydrogen (secondary N) is 1. The van der Waals surface area contributed by atoms with Gasteiger partial charge in [0.15, 0.2) is 6.10 Å². The number of carbonyl (C=O) groups is 1. The van der Waals surface area contributed by atoms with E-state index in [0.717, 1.165) is 5.56 Å². The minimum atomic E-state index is -0.584. The highest BCUT2D eigenvalue weighted by atomic mass is 16.5. The molecule has 20 heavy (non-hydrogen) atoms. The van der Waals surface area contributed by atoms with Gasteiger partial charge in [0, 0.05) is 25.1 Å². The number of hydrogen-bond donors (Lipinski definition) is 2. The van der Waals surface area contributed by atoms with Crippen molar-refractivity contribution in [2.24, 2.45) is 0 Å². The van der Waals surface area contributed by atoms with Crippen LogP contribution < -0.4 is 14.8 Å². The van der Waals surface area contributed by atoms with Crippen LogP contribution in [0.25, 0.3) is 0 Å². The summed E-state index contributed by atoms with van der Waals surface area (Å²) >= 11 is 0. The first-order chi connectivity index (χ1) is 9.32. The average molecular weight is 279 g/mol. The molecule has 1 aliphatic rings. The van der Waals surface area contributed by atoms with Crippen molar-refractivity contribution >= 4 is 5.91 Å². The third-order valence-electron chi connectivity index (χ3n) is 3.34. The highest BCUT2D eigenvalue weighted by Gasteiger charge is 2.33.